The lowest BCUT2D eigenvalue weighted by molar-refractivity contribution is 0.0771. The highest BCUT2D eigenvalue weighted by Crippen LogP contribution is 2.34. The SMILES string of the molecule is Cc1cc(C(=O)N2CC3CN(c4cc(C(C)(C)C)ncn4)CC3C2)n(C)n1. The molecule has 2 fully saturated rings. The van der Waals surface area contributed by atoms with Crippen LogP contribution in [-0.2, 0) is 12.5 Å². The fourth-order valence-corrected chi connectivity index (χ4v) is 4.25. The van der Waals surface area contributed by atoms with Crippen molar-refractivity contribution in [3.8, 4) is 0 Å². The van der Waals surface area contributed by atoms with Crippen molar-refractivity contribution in [1.29, 1.82) is 0 Å². The number of amides is 1. The van der Waals surface area contributed by atoms with Gasteiger partial charge in [-0.3, -0.25) is 9.48 Å². The number of likely N-dealkylation sites (tertiary alicyclic amines) is 1. The fraction of sp³-hybridized carbons (Fsp3) is 0.600. The second kappa shape index (κ2) is 6.32. The standard InChI is InChI=1S/C20H28N6O/c1-13-6-16(24(5)23-13)19(27)26-10-14-8-25(9-15(14)11-26)18-7-17(20(2,3)4)21-12-22-18/h6-7,12,14-15H,8-11H2,1-5H3. The van der Waals surface area contributed by atoms with E-state index in [1.54, 1.807) is 11.0 Å². The van der Waals surface area contributed by atoms with E-state index in [1.807, 2.05) is 24.9 Å². The van der Waals surface area contributed by atoms with Crippen molar-refractivity contribution in [3.05, 3.63) is 35.5 Å². The summed E-state index contributed by atoms with van der Waals surface area (Å²) in [6.45, 7) is 11.9. The van der Waals surface area contributed by atoms with E-state index in [4.69, 9.17) is 0 Å². The van der Waals surface area contributed by atoms with Crippen molar-refractivity contribution in [2.24, 2.45) is 18.9 Å². The average Bonchev–Trinajstić information content (AvgIpc) is 3.26. The number of carbonyl (C=O) groups is 1. The van der Waals surface area contributed by atoms with E-state index in [2.05, 4.69) is 46.8 Å². The topological polar surface area (TPSA) is 67.2 Å². The summed E-state index contributed by atoms with van der Waals surface area (Å²) in [5.41, 5.74) is 2.63. The molecule has 0 bridgehead atoms. The minimum atomic E-state index is 0.0116. The smallest absolute Gasteiger partial charge is 0.272 e. The van der Waals surface area contributed by atoms with Crippen LogP contribution in [0.3, 0.4) is 0 Å². The lowest BCUT2D eigenvalue weighted by atomic mass is 9.92. The highest BCUT2D eigenvalue weighted by molar-refractivity contribution is 5.93. The molecular formula is C20H28N6O. The van der Waals surface area contributed by atoms with E-state index in [9.17, 15) is 4.79 Å². The molecule has 2 aliphatic heterocycles. The van der Waals surface area contributed by atoms with Gasteiger partial charge in [-0.2, -0.15) is 5.10 Å². The number of nitrogens with zero attached hydrogens (tertiary/aromatic N) is 6. The van der Waals surface area contributed by atoms with E-state index < -0.39 is 0 Å². The molecule has 4 rings (SSSR count). The molecule has 0 radical (unpaired) electrons. The number of carbonyl (C=O) groups excluding carboxylic acids is 1. The number of hydrogen-bond acceptors (Lipinski definition) is 5. The van der Waals surface area contributed by atoms with Crippen LogP contribution in [0.5, 0.6) is 0 Å². The predicted octanol–water partition coefficient (Wildman–Crippen LogP) is 2.02. The van der Waals surface area contributed by atoms with Crippen molar-refractivity contribution in [2.45, 2.75) is 33.1 Å². The summed E-state index contributed by atoms with van der Waals surface area (Å²) in [4.78, 5) is 26.1. The third kappa shape index (κ3) is 3.31. The van der Waals surface area contributed by atoms with Gasteiger partial charge in [0.2, 0.25) is 0 Å². The molecule has 2 atom stereocenters. The molecule has 2 aliphatic rings. The molecule has 0 spiro atoms. The summed E-state index contributed by atoms with van der Waals surface area (Å²) in [6, 6.07) is 3.99. The van der Waals surface area contributed by atoms with Crippen LogP contribution in [0.4, 0.5) is 5.82 Å². The molecule has 2 aromatic heterocycles. The number of rotatable bonds is 2. The van der Waals surface area contributed by atoms with Gasteiger partial charge in [0, 0.05) is 56.5 Å². The summed E-state index contributed by atoms with van der Waals surface area (Å²) in [6.07, 6.45) is 1.67. The molecule has 0 saturated carbocycles. The Hall–Kier alpha value is -2.44. The first-order chi connectivity index (χ1) is 12.7. The molecule has 144 valence electrons. The second-order valence-electron chi connectivity index (χ2n) is 8.94. The van der Waals surface area contributed by atoms with E-state index in [1.165, 1.54) is 0 Å². The van der Waals surface area contributed by atoms with Crippen molar-refractivity contribution in [3.63, 3.8) is 0 Å². The maximum Gasteiger partial charge on any atom is 0.272 e. The van der Waals surface area contributed by atoms with Crippen LogP contribution in [0.15, 0.2) is 18.5 Å². The Kier molecular flexibility index (Phi) is 4.20. The van der Waals surface area contributed by atoms with Crippen molar-refractivity contribution in [2.75, 3.05) is 31.1 Å². The first-order valence-corrected chi connectivity index (χ1v) is 9.60. The van der Waals surface area contributed by atoms with Crippen LogP contribution in [0.1, 0.15) is 42.6 Å². The maximum absolute atomic E-state index is 12.8. The molecule has 2 unspecified atom stereocenters. The molecule has 1 amide bonds. The third-order valence-electron chi connectivity index (χ3n) is 5.74. The van der Waals surface area contributed by atoms with Gasteiger partial charge >= 0.3 is 0 Å². The Morgan fingerprint density at radius 2 is 1.74 bits per heavy atom. The van der Waals surface area contributed by atoms with Crippen LogP contribution in [0.25, 0.3) is 0 Å². The molecule has 7 nitrogen and oxygen atoms in total. The van der Waals surface area contributed by atoms with Crippen molar-refractivity contribution < 1.29 is 4.79 Å². The summed E-state index contributed by atoms with van der Waals surface area (Å²) < 4.78 is 1.69. The van der Waals surface area contributed by atoms with E-state index in [-0.39, 0.29) is 11.3 Å². The minimum Gasteiger partial charge on any atom is -0.356 e. The van der Waals surface area contributed by atoms with Crippen LogP contribution >= 0.6 is 0 Å². The second-order valence-corrected chi connectivity index (χ2v) is 8.94. The lowest BCUT2D eigenvalue weighted by Crippen LogP contribution is -2.34. The van der Waals surface area contributed by atoms with Crippen molar-refractivity contribution >= 4 is 11.7 Å². The van der Waals surface area contributed by atoms with Gasteiger partial charge in [-0.15, -0.1) is 0 Å². The van der Waals surface area contributed by atoms with Gasteiger partial charge in [0.15, 0.2) is 0 Å². The van der Waals surface area contributed by atoms with Gasteiger partial charge in [-0.1, -0.05) is 20.8 Å². The first kappa shape index (κ1) is 17.9. The molecule has 7 heteroatoms. The zero-order valence-electron chi connectivity index (χ0n) is 16.8. The summed E-state index contributed by atoms with van der Waals surface area (Å²) in [7, 11) is 1.83. The number of fused-ring (bicyclic) bond motifs is 1. The predicted molar refractivity (Wildman–Crippen MR) is 104 cm³/mol. The van der Waals surface area contributed by atoms with E-state index in [0.717, 1.165) is 43.4 Å². The van der Waals surface area contributed by atoms with Gasteiger partial charge < -0.3 is 9.80 Å². The zero-order valence-corrected chi connectivity index (χ0v) is 16.8. The van der Waals surface area contributed by atoms with Crippen LogP contribution in [-0.4, -0.2) is 56.7 Å². The van der Waals surface area contributed by atoms with Gasteiger partial charge in [-0.25, -0.2) is 9.97 Å². The maximum atomic E-state index is 12.8. The minimum absolute atomic E-state index is 0.0116. The fourth-order valence-electron chi connectivity index (χ4n) is 4.25. The van der Waals surface area contributed by atoms with Gasteiger partial charge in [-0.05, 0) is 13.0 Å². The molecular weight excluding hydrogens is 340 g/mol. The largest absolute Gasteiger partial charge is 0.356 e. The van der Waals surface area contributed by atoms with E-state index >= 15 is 0 Å². The zero-order chi connectivity index (χ0) is 19.3. The molecule has 0 N–H and O–H groups in total. The Labute approximate surface area is 160 Å². The van der Waals surface area contributed by atoms with Crippen LogP contribution in [0, 0.1) is 18.8 Å². The average molecular weight is 368 g/mol. The summed E-state index contributed by atoms with van der Waals surface area (Å²) in [5, 5.41) is 4.30. The lowest BCUT2D eigenvalue weighted by Gasteiger charge is -2.24. The molecule has 0 aromatic carbocycles. The first-order valence-electron chi connectivity index (χ1n) is 9.60. The molecule has 2 aromatic rings. The Balaban J connectivity index is 1.44. The molecule has 2 saturated heterocycles. The number of aromatic nitrogens is 4. The third-order valence-corrected chi connectivity index (χ3v) is 5.74. The highest BCUT2D eigenvalue weighted by Gasteiger charge is 2.42. The van der Waals surface area contributed by atoms with Crippen LogP contribution in [0.2, 0.25) is 0 Å². The van der Waals surface area contributed by atoms with Crippen LogP contribution < -0.4 is 4.90 Å². The number of aryl methyl sites for hydroxylation is 2. The number of anilines is 1. The Bertz CT molecular complexity index is 854. The normalized spacial score (nSPS) is 22.4. The quantitative estimate of drug-likeness (QED) is 0.811. The van der Waals surface area contributed by atoms with Gasteiger partial charge in [0.25, 0.3) is 5.91 Å². The molecule has 0 aliphatic carbocycles. The molecule has 27 heavy (non-hydrogen) atoms. The number of hydrogen-bond donors (Lipinski definition) is 0. The van der Waals surface area contributed by atoms with Crippen molar-refractivity contribution in [1.82, 2.24) is 24.6 Å². The highest BCUT2D eigenvalue weighted by atomic mass is 16.2. The molecule has 4 heterocycles. The van der Waals surface area contributed by atoms with Gasteiger partial charge in [0.1, 0.15) is 17.8 Å². The van der Waals surface area contributed by atoms with Gasteiger partial charge in [0.05, 0.1) is 11.4 Å². The summed E-state index contributed by atoms with van der Waals surface area (Å²) >= 11 is 0. The van der Waals surface area contributed by atoms with E-state index in [0.29, 0.717) is 17.5 Å². The monoisotopic (exact) mass is 368 g/mol. The Morgan fingerprint density at radius 3 is 2.30 bits per heavy atom. The summed E-state index contributed by atoms with van der Waals surface area (Å²) in [5.74, 6) is 2.09. The Morgan fingerprint density at radius 1 is 1.07 bits per heavy atom.